The molecular formula is C26H34OS. The van der Waals surface area contributed by atoms with Crippen LogP contribution >= 0.6 is 11.3 Å². The fourth-order valence-electron chi connectivity index (χ4n) is 3.66. The first-order valence-electron chi connectivity index (χ1n) is 11.1. The normalized spacial score (nSPS) is 11.2. The molecule has 0 atom stereocenters. The van der Waals surface area contributed by atoms with Crippen LogP contribution in [0.3, 0.4) is 0 Å². The highest BCUT2D eigenvalue weighted by atomic mass is 32.1. The maximum atomic E-state index is 6.04. The Balaban J connectivity index is 1.31. The zero-order valence-electron chi connectivity index (χ0n) is 17.3. The zero-order chi connectivity index (χ0) is 19.4. The summed E-state index contributed by atoms with van der Waals surface area (Å²) in [5.41, 5.74) is 1.42. The SMILES string of the molecule is CCCCCCCCCCCCc1ccc(Oc2cc3ccccc3s2)cc1. The van der Waals surface area contributed by atoms with E-state index in [1.165, 1.54) is 86.3 Å². The predicted molar refractivity (Wildman–Crippen MR) is 124 cm³/mol. The van der Waals surface area contributed by atoms with Gasteiger partial charge in [0.25, 0.3) is 0 Å². The Kier molecular flexibility index (Phi) is 8.90. The quantitative estimate of drug-likeness (QED) is 0.263. The topological polar surface area (TPSA) is 9.23 Å². The zero-order valence-corrected chi connectivity index (χ0v) is 18.1. The molecule has 0 N–H and O–H groups in total. The van der Waals surface area contributed by atoms with Crippen LogP contribution in [0.25, 0.3) is 10.1 Å². The van der Waals surface area contributed by atoms with E-state index in [2.05, 4.69) is 61.5 Å². The van der Waals surface area contributed by atoms with Gasteiger partial charge < -0.3 is 4.74 Å². The molecule has 0 aliphatic carbocycles. The van der Waals surface area contributed by atoms with E-state index in [0.29, 0.717) is 0 Å². The molecule has 1 heterocycles. The van der Waals surface area contributed by atoms with Crippen LogP contribution in [-0.2, 0) is 6.42 Å². The second-order valence-corrected chi connectivity index (χ2v) is 8.83. The van der Waals surface area contributed by atoms with Crippen molar-refractivity contribution in [3.8, 4) is 10.8 Å². The molecule has 0 bridgehead atoms. The van der Waals surface area contributed by atoms with Gasteiger partial charge in [0.15, 0.2) is 5.06 Å². The van der Waals surface area contributed by atoms with Crippen molar-refractivity contribution in [3.63, 3.8) is 0 Å². The van der Waals surface area contributed by atoms with Gasteiger partial charge in [-0.15, -0.1) is 0 Å². The van der Waals surface area contributed by atoms with Crippen molar-refractivity contribution in [2.24, 2.45) is 0 Å². The number of fused-ring (bicyclic) bond motifs is 1. The second-order valence-electron chi connectivity index (χ2n) is 7.78. The number of hydrogen-bond donors (Lipinski definition) is 0. The van der Waals surface area contributed by atoms with E-state index in [0.717, 1.165) is 10.8 Å². The molecule has 1 aromatic heterocycles. The summed E-state index contributed by atoms with van der Waals surface area (Å²) in [6.45, 7) is 2.28. The minimum Gasteiger partial charge on any atom is -0.447 e. The van der Waals surface area contributed by atoms with Gasteiger partial charge in [-0.3, -0.25) is 0 Å². The van der Waals surface area contributed by atoms with Gasteiger partial charge in [-0.1, -0.05) is 106 Å². The third-order valence-electron chi connectivity index (χ3n) is 5.36. The highest BCUT2D eigenvalue weighted by Gasteiger charge is 2.04. The first-order valence-corrected chi connectivity index (χ1v) is 11.9. The largest absolute Gasteiger partial charge is 0.447 e. The average molecular weight is 395 g/mol. The van der Waals surface area contributed by atoms with Crippen LogP contribution in [0.4, 0.5) is 0 Å². The Morgan fingerprint density at radius 1 is 0.714 bits per heavy atom. The van der Waals surface area contributed by atoms with E-state index in [4.69, 9.17) is 4.74 Å². The van der Waals surface area contributed by atoms with Crippen LogP contribution < -0.4 is 4.74 Å². The molecule has 0 amide bonds. The fourth-order valence-corrected chi connectivity index (χ4v) is 4.60. The van der Waals surface area contributed by atoms with Crippen molar-refractivity contribution in [2.45, 2.75) is 77.6 Å². The molecule has 1 nitrogen and oxygen atoms in total. The third kappa shape index (κ3) is 6.98. The maximum absolute atomic E-state index is 6.04. The van der Waals surface area contributed by atoms with Crippen molar-refractivity contribution in [3.05, 3.63) is 60.2 Å². The minimum atomic E-state index is 0.929. The van der Waals surface area contributed by atoms with E-state index in [9.17, 15) is 0 Å². The van der Waals surface area contributed by atoms with E-state index in [-0.39, 0.29) is 0 Å². The minimum absolute atomic E-state index is 0.929. The Hall–Kier alpha value is -1.80. The van der Waals surface area contributed by atoms with Gasteiger partial charge in [0.05, 0.1) is 0 Å². The van der Waals surface area contributed by atoms with Gasteiger partial charge in [-0.25, -0.2) is 0 Å². The average Bonchev–Trinajstić information content (AvgIpc) is 3.13. The standard InChI is InChI=1S/C26H34OS/c1-2-3-4-5-6-7-8-9-10-11-14-22-17-19-24(20-18-22)27-26-21-23-15-12-13-16-25(23)28-26/h12-13,15-21H,2-11,14H2,1H3. The van der Waals surface area contributed by atoms with Crippen LogP contribution in [0, 0.1) is 0 Å². The van der Waals surface area contributed by atoms with Crippen LogP contribution in [0.15, 0.2) is 54.6 Å². The summed E-state index contributed by atoms with van der Waals surface area (Å²) in [7, 11) is 0. The summed E-state index contributed by atoms with van der Waals surface area (Å²) in [6, 6.07) is 19.2. The molecule has 0 saturated carbocycles. The first kappa shape index (κ1) is 20.9. The van der Waals surface area contributed by atoms with Crippen LogP contribution in [0.2, 0.25) is 0 Å². The molecule has 150 valence electrons. The van der Waals surface area contributed by atoms with E-state index in [1.54, 1.807) is 11.3 Å². The van der Waals surface area contributed by atoms with Gasteiger partial charge in [0, 0.05) is 10.8 Å². The van der Waals surface area contributed by atoms with E-state index < -0.39 is 0 Å². The lowest BCUT2D eigenvalue weighted by Crippen LogP contribution is -1.87. The van der Waals surface area contributed by atoms with Crippen molar-refractivity contribution in [2.75, 3.05) is 0 Å². The van der Waals surface area contributed by atoms with E-state index >= 15 is 0 Å². The van der Waals surface area contributed by atoms with Crippen molar-refractivity contribution >= 4 is 21.4 Å². The Bertz CT molecular complexity index is 770. The summed E-state index contributed by atoms with van der Waals surface area (Å²) in [5.74, 6) is 0.929. The number of unbranched alkanes of at least 4 members (excludes halogenated alkanes) is 9. The molecular weight excluding hydrogens is 360 g/mol. The Labute approximate surface area is 174 Å². The molecule has 0 saturated heterocycles. The summed E-state index contributed by atoms with van der Waals surface area (Å²) in [4.78, 5) is 0. The second kappa shape index (κ2) is 11.9. The molecule has 0 unspecified atom stereocenters. The van der Waals surface area contributed by atoms with Gasteiger partial charge in [0.2, 0.25) is 0 Å². The number of ether oxygens (including phenoxy) is 1. The number of aryl methyl sites for hydroxylation is 1. The molecule has 2 heteroatoms. The summed E-state index contributed by atoms with van der Waals surface area (Å²) >= 11 is 1.70. The van der Waals surface area contributed by atoms with Crippen LogP contribution in [-0.4, -0.2) is 0 Å². The van der Waals surface area contributed by atoms with Gasteiger partial charge in [0.1, 0.15) is 5.75 Å². The smallest absolute Gasteiger partial charge is 0.182 e. The third-order valence-corrected chi connectivity index (χ3v) is 6.36. The molecule has 0 aliphatic heterocycles. The van der Waals surface area contributed by atoms with Gasteiger partial charge >= 0.3 is 0 Å². The number of benzene rings is 2. The summed E-state index contributed by atoms with van der Waals surface area (Å²) in [5, 5.41) is 2.21. The molecule has 0 aliphatic rings. The van der Waals surface area contributed by atoms with Gasteiger partial charge in [-0.2, -0.15) is 0 Å². The molecule has 0 fully saturated rings. The number of thiophene rings is 1. The molecule has 28 heavy (non-hydrogen) atoms. The predicted octanol–water partition coefficient (Wildman–Crippen LogP) is 9.16. The number of rotatable bonds is 13. The lowest BCUT2D eigenvalue weighted by molar-refractivity contribution is 0.496. The fraction of sp³-hybridized carbons (Fsp3) is 0.462. The highest BCUT2D eigenvalue weighted by Crippen LogP contribution is 2.34. The Morgan fingerprint density at radius 2 is 1.36 bits per heavy atom. The molecule has 0 radical (unpaired) electrons. The van der Waals surface area contributed by atoms with E-state index in [1.807, 2.05) is 0 Å². The lowest BCUT2D eigenvalue weighted by atomic mass is 10.0. The molecule has 0 spiro atoms. The Morgan fingerprint density at radius 3 is 2.04 bits per heavy atom. The van der Waals surface area contributed by atoms with Crippen LogP contribution in [0.1, 0.15) is 76.7 Å². The highest BCUT2D eigenvalue weighted by molar-refractivity contribution is 7.20. The van der Waals surface area contributed by atoms with Crippen LogP contribution in [0.5, 0.6) is 10.8 Å². The number of hydrogen-bond acceptors (Lipinski definition) is 2. The summed E-state index contributed by atoms with van der Waals surface area (Å²) in [6.07, 6.45) is 15.1. The van der Waals surface area contributed by atoms with Crippen molar-refractivity contribution in [1.82, 2.24) is 0 Å². The molecule has 3 rings (SSSR count). The first-order chi connectivity index (χ1) is 13.8. The monoisotopic (exact) mass is 394 g/mol. The molecule has 2 aromatic carbocycles. The summed E-state index contributed by atoms with van der Waals surface area (Å²) < 4.78 is 7.32. The van der Waals surface area contributed by atoms with Gasteiger partial charge in [-0.05, 0) is 42.0 Å². The molecule has 3 aromatic rings. The maximum Gasteiger partial charge on any atom is 0.182 e. The van der Waals surface area contributed by atoms with Crippen molar-refractivity contribution in [1.29, 1.82) is 0 Å². The van der Waals surface area contributed by atoms with Crippen molar-refractivity contribution < 1.29 is 4.74 Å². The lowest BCUT2D eigenvalue weighted by Gasteiger charge is -2.05.